The van der Waals surface area contributed by atoms with Crippen molar-refractivity contribution < 1.29 is 4.39 Å². The highest BCUT2D eigenvalue weighted by atomic mass is 19.1. The van der Waals surface area contributed by atoms with Crippen molar-refractivity contribution in [2.45, 2.75) is 45.6 Å². The molecule has 1 aliphatic heterocycles. The number of aromatic nitrogens is 3. The molecule has 1 fully saturated rings. The van der Waals surface area contributed by atoms with E-state index in [9.17, 15) is 4.39 Å². The van der Waals surface area contributed by atoms with Crippen molar-refractivity contribution in [3.05, 3.63) is 101 Å². The lowest BCUT2D eigenvalue weighted by molar-refractivity contribution is 0.195. The minimum Gasteiger partial charge on any atom is -0.302 e. The van der Waals surface area contributed by atoms with Crippen molar-refractivity contribution in [1.29, 1.82) is 0 Å². The topological polar surface area (TPSA) is 33.4 Å². The van der Waals surface area contributed by atoms with Gasteiger partial charge in [0.15, 0.2) is 0 Å². The molecule has 0 unspecified atom stereocenters. The molecule has 0 aliphatic carbocycles. The molecule has 1 aliphatic rings. The number of halogens is 1. The van der Waals surface area contributed by atoms with E-state index in [0.29, 0.717) is 12.3 Å². The fourth-order valence-electron chi connectivity index (χ4n) is 4.87. The Balaban J connectivity index is 1.28. The normalized spacial score (nSPS) is 17.2. The maximum Gasteiger partial charge on any atom is 0.140 e. The van der Waals surface area contributed by atoms with E-state index in [-0.39, 0.29) is 5.82 Å². The first-order valence-electron chi connectivity index (χ1n) is 11.4. The number of imidazole rings is 1. The van der Waals surface area contributed by atoms with Gasteiger partial charge in [0.2, 0.25) is 0 Å². The van der Waals surface area contributed by atoms with Crippen LogP contribution in [0, 0.1) is 19.7 Å². The van der Waals surface area contributed by atoms with Crippen molar-refractivity contribution in [2.24, 2.45) is 0 Å². The van der Waals surface area contributed by atoms with Gasteiger partial charge in [0, 0.05) is 37.1 Å². The Hall–Kier alpha value is -3.05. The Labute approximate surface area is 188 Å². The van der Waals surface area contributed by atoms with Crippen LogP contribution in [0.15, 0.2) is 60.9 Å². The van der Waals surface area contributed by atoms with Gasteiger partial charge in [0.1, 0.15) is 11.5 Å². The molecule has 0 saturated carbocycles. The molecule has 0 bridgehead atoms. The second-order valence-electron chi connectivity index (χ2n) is 9.00. The van der Waals surface area contributed by atoms with Crippen LogP contribution in [0.2, 0.25) is 0 Å². The summed E-state index contributed by atoms with van der Waals surface area (Å²) in [5, 5.41) is 0. The Kier molecular flexibility index (Phi) is 5.75. The summed E-state index contributed by atoms with van der Waals surface area (Å²) in [4.78, 5) is 12.1. The van der Waals surface area contributed by atoms with Crippen LogP contribution in [-0.4, -0.2) is 32.4 Å². The van der Waals surface area contributed by atoms with Crippen molar-refractivity contribution in [3.63, 3.8) is 0 Å². The Morgan fingerprint density at radius 2 is 1.97 bits per heavy atom. The summed E-state index contributed by atoms with van der Waals surface area (Å²) in [6, 6.07) is 15.3. The molecule has 1 aromatic carbocycles. The standard InChI is InChI=1S/C27H29FN4/c1-19-6-4-13-32-26(20(2)30-27(19)32)18-31-12-5-8-23(17-31)25-11-10-22(16-29-25)14-21-7-3-9-24(28)15-21/h3-4,6-7,9-11,13,15-16,23H,5,8,12,14,17-18H2,1-2H3/t23-/m0/s1. The van der Waals surface area contributed by atoms with Gasteiger partial charge in [-0.2, -0.15) is 0 Å². The minimum absolute atomic E-state index is 0.189. The fraction of sp³-hybridized carbons (Fsp3) is 0.333. The molecule has 32 heavy (non-hydrogen) atoms. The number of hydrogen-bond acceptors (Lipinski definition) is 3. The minimum atomic E-state index is -0.189. The van der Waals surface area contributed by atoms with Gasteiger partial charge in [0.05, 0.1) is 11.4 Å². The van der Waals surface area contributed by atoms with Crippen LogP contribution in [-0.2, 0) is 13.0 Å². The highest BCUT2D eigenvalue weighted by molar-refractivity contribution is 5.50. The average molecular weight is 429 g/mol. The van der Waals surface area contributed by atoms with Gasteiger partial charge in [-0.3, -0.25) is 9.88 Å². The number of rotatable bonds is 5. The first-order chi connectivity index (χ1) is 15.6. The number of piperidine rings is 1. The number of benzene rings is 1. The number of nitrogens with zero attached hydrogens (tertiary/aromatic N) is 4. The summed E-state index contributed by atoms with van der Waals surface area (Å²) < 4.78 is 15.7. The molecule has 4 heterocycles. The van der Waals surface area contributed by atoms with Gasteiger partial charge in [-0.1, -0.05) is 24.3 Å². The Morgan fingerprint density at radius 3 is 2.78 bits per heavy atom. The molecule has 0 amide bonds. The summed E-state index contributed by atoms with van der Waals surface area (Å²) >= 11 is 0. The molecule has 164 valence electrons. The maximum absolute atomic E-state index is 13.5. The summed E-state index contributed by atoms with van der Waals surface area (Å²) in [6.45, 7) is 7.25. The third kappa shape index (κ3) is 4.30. The first kappa shape index (κ1) is 20.8. The molecule has 1 atom stereocenters. The third-order valence-corrected chi connectivity index (χ3v) is 6.59. The third-order valence-electron chi connectivity index (χ3n) is 6.59. The smallest absolute Gasteiger partial charge is 0.140 e. The molecule has 1 saturated heterocycles. The predicted molar refractivity (Wildman–Crippen MR) is 125 cm³/mol. The van der Waals surface area contributed by atoms with Crippen LogP contribution in [0.4, 0.5) is 4.39 Å². The lowest BCUT2D eigenvalue weighted by atomic mass is 9.93. The van der Waals surface area contributed by atoms with Crippen LogP contribution in [0.25, 0.3) is 5.65 Å². The zero-order chi connectivity index (χ0) is 22.1. The predicted octanol–water partition coefficient (Wildman–Crippen LogP) is 5.46. The molecule has 0 spiro atoms. The number of fused-ring (bicyclic) bond motifs is 1. The molecular formula is C27H29FN4. The van der Waals surface area contributed by atoms with Crippen molar-refractivity contribution in [3.8, 4) is 0 Å². The van der Waals surface area contributed by atoms with Crippen LogP contribution in [0.3, 0.4) is 0 Å². The van der Waals surface area contributed by atoms with Gasteiger partial charge in [0.25, 0.3) is 0 Å². The molecule has 0 N–H and O–H groups in total. The van der Waals surface area contributed by atoms with E-state index in [4.69, 9.17) is 9.97 Å². The highest BCUT2D eigenvalue weighted by Crippen LogP contribution is 2.28. The number of likely N-dealkylation sites (tertiary alicyclic amines) is 1. The summed E-state index contributed by atoms with van der Waals surface area (Å²) in [5.74, 6) is 0.249. The highest BCUT2D eigenvalue weighted by Gasteiger charge is 2.24. The summed E-state index contributed by atoms with van der Waals surface area (Å²) in [5.41, 5.74) is 7.91. The summed E-state index contributed by atoms with van der Waals surface area (Å²) in [7, 11) is 0. The van der Waals surface area contributed by atoms with Crippen LogP contribution in [0.5, 0.6) is 0 Å². The number of hydrogen-bond donors (Lipinski definition) is 0. The van der Waals surface area contributed by atoms with Crippen molar-refractivity contribution in [1.82, 2.24) is 19.3 Å². The zero-order valence-corrected chi connectivity index (χ0v) is 18.8. The van der Waals surface area contributed by atoms with E-state index in [1.165, 1.54) is 23.7 Å². The average Bonchev–Trinajstić information content (AvgIpc) is 3.11. The Bertz CT molecular complexity index is 1230. The molecule has 4 nitrogen and oxygen atoms in total. The maximum atomic E-state index is 13.5. The Morgan fingerprint density at radius 1 is 1.06 bits per heavy atom. The first-order valence-corrected chi connectivity index (χ1v) is 11.4. The molecule has 3 aromatic heterocycles. The van der Waals surface area contributed by atoms with Gasteiger partial charge < -0.3 is 4.40 Å². The van der Waals surface area contributed by atoms with Gasteiger partial charge in [-0.05, 0) is 80.6 Å². The SMILES string of the molecule is Cc1nc2c(C)cccn2c1CN1CCC[C@H](c2ccc(Cc3cccc(F)c3)cn2)C1. The van der Waals surface area contributed by atoms with Gasteiger partial charge >= 0.3 is 0 Å². The van der Waals surface area contributed by atoms with Crippen molar-refractivity contribution >= 4 is 5.65 Å². The largest absolute Gasteiger partial charge is 0.302 e. The number of aryl methyl sites for hydroxylation is 2. The molecular weight excluding hydrogens is 399 g/mol. The van der Waals surface area contributed by atoms with E-state index in [1.54, 1.807) is 12.1 Å². The van der Waals surface area contributed by atoms with Gasteiger partial charge in [-0.15, -0.1) is 0 Å². The second-order valence-corrected chi connectivity index (χ2v) is 9.00. The van der Waals surface area contributed by atoms with E-state index < -0.39 is 0 Å². The lowest BCUT2D eigenvalue weighted by Gasteiger charge is -2.32. The van der Waals surface area contributed by atoms with Gasteiger partial charge in [-0.25, -0.2) is 9.37 Å². The second kappa shape index (κ2) is 8.83. The quantitative estimate of drug-likeness (QED) is 0.423. The zero-order valence-electron chi connectivity index (χ0n) is 18.8. The molecule has 0 radical (unpaired) electrons. The number of pyridine rings is 2. The fourth-order valence-corrected chi connectivity index (χ4v) is 4.87. The lowest BCUT2D eigenvalue weighted by Crippen LogP contribution is -2.34. The van der Waals surface area contributed by atoms with Crippen LogP contribution >= 0.6 is 0 Å². The van der Waals surface area contributed by atoms with E-state index in [0.717, 1.165) is 54.2 Å². The van der Waals surface area contributed by atoms with E-state index >= 15 is 0 Å². The summed E-state index contributed by atoms with van der Waals surface area (Å²) in [6.07, 6.45) is 7.12. The van der Waals surface area contributed by atoms with Crippen LogP contribution < -0.4 is 0 Å². The van der Waals surface area contributed by atoms with Crippen molar-refractivity contribution in [2.75, 3.05) is 13.1 Å². The van der Waals surface area contributed by atoms with E-state index in [2.05, 4.69) is 53.6 Å². The molecule has 5 rings (SSSR count). The monoisotopic (exact) mass is 428 g/mol. The van der Waals surface area contributed by atoms with Crippen LogP contribution in [0.1, 0.15) is 52.5 Å². The molecule has 4 aromatic rings. The van der Waals surface area contributed by atoms with E-state index in [1.807, 2.05) is 12.3 Å². The molecule has 5 heteroatoms.